The van der Waals surface area contributed by atoms with Crippen LogP contribution in [0.5, 0.6) is 0 Å². The van der Waals surface area contributed by atoms with Gasteiger partial charge in [-0.05, 0) is 25.1 Å². The zero-order chi connectivity index (χ0) is 10.1. The van der Waals surface area contributed by atoms with Gasteiger partial charge in [0.05, 0.1) is 11.0 Å². The number of aryl methyl sites for hydroxylation is 1. The third-order valence-corrected chi connectivity index (χ3v) is 2.71. The van der Waals surface area contributed by atoms with E-state index in [9.17, 15) is 4.79 Å². The van der Waals surface area contributed by atoms with Crippen LogP contribution in [0.1, 0.15) is 16.1 Å². The van der Waals surface area contributed by atoms with Crippen LogP contribution in [0.3, 0.4) is 0 Å². The number of nitrogens with one attached hydrogen (secondary N) is 1. The lowest BCUT2D eigenvalue weighted by molar-refractivity contribution is 0.102. The molecular formula is C11H10BrNO. The van der Waals surface area contributed by atoms with Crippen LogP contribution in [-0.2, 0) is 0 Å². The van der Waals surface area contributed by atoms with Crippen molar-refractivity contribution < 1.29 is 4.79 Å². The van der Waals surface area contributed by atoms with E-state index in [1.807, 2.05) is 25.1 Å². The number of aromatic nitrogens is 1. The quantitative estimate of drug-likeness (QED) is 0.646. The van der Waals surface area contributed by atoms with Crippen LogP contribution in [-0.4, -0.2) is 16.1 Å². The van der Waals surface area contributed by atoms with Crippen LogP contribution < -0.4 is 0 Å². The molecule has 2 nitrogen and oxygen atoms in total. The number of benzene rings is 1. The predicted octanol–water partition coefficient (Wildman–Crippen LogP) is 3.05. The summed E-state index contributed by atoms with van der Waals surface area (Å²) in [6.45, 7) is 2.04. The smallest absolute Gasteiger partial charge is 0.189 e. The highest BCUT2D eigenvalue weighted by molar-refractivity contribution is 9.09. The molecule has 0 fully saturated rings. The molecule has 0 aliphatic rings. The molecule has 2 rings (SSSR count). The minimum Gasteiger partial charge on any atom is -0.352 e. The average Bonchev–Trinajstić information content (AvgIpc) is 2.59. The van der Waals surface area contributed by atoms with E-state index >= 15 is 0 Å². The molecule has 0 bridgehead atoms. The fourth-order valence-corrected chi connectivity index (χ4v) is 1.78. The number of ketones is 1. The molecule has 1 aromatic carbocycles. The summed E-state index contributed by atoms with van der Waals surface area (Å²) < 4.78 is 0. The number of hydrogen-bond acceptors (Lipinski definition) is 1. The first-order valence-electron chi connectivity index (χ1n) is 4.39. The molecule has 0 saturated heterocycles. The van der Waals surface area contributed by atoms with Gasteiger partial charge in [-0.2, -0.15) is 0 Å². The number of halogens is 1. The number of aromatic amines is 1. The standard InChI is InChI=1S/C11H10BrNO/c1-7-2-3-9-8(4-7)5-10(13-9)11(14)6-12/h2-5,13H,6H2,1H3. The Morgan fingerprint density at radius 3 is 2.93 bits per heavy atom. The fraction of sp³-hybridized carbons (Fsp3) is 0.182. The van der Waals surface area contributed by atoms with Crippen molar-refractivity contribution in [2.45, 2.75) is 6.92 Å². The third-order valence-electron chi connectivity index (χ3n) is 2.20. The molecule has 72 valence electrons. The number of carbonyl (C=O) groups excluding carboxylic acids is 1. The molecule has 0 aliphatic heterocycles. The van der Waals surface area contributed by atoms with Crippen LogP contribution in [0, 0.1) is 6.92 Å². The molecule has 1 heterocycles. The number of fused-ring (bicyclic) bond motifs is 1. The lowest BCUT2D eigenvalue weighted by Gasteiger charge is -1.90. The zero-order valence-corrected chi connectivity index (χ0v) is 9.39. The Morgan fingerprint density at radius 1 is 1.43 bits per heavy atom. The second-order valence-corrected chi connectivity index (χ2v) is 3.89. The van der Waals surface area contributed by atoms with Crippen molar-refractivity contribution in [3.05, 3.63) is 35.5 Å². The summed E-state index contributed by atoms with van der Waals surface area (Å²) in [6, 6.07) is 7.99. The van der Waals surface area contributed by atoms with Crippen LogP contribution in [0.15, 0.2) is 24.3 Å². The summed E-state index contributed by atoms with van der Waals surface area (Å²) in [6.07, 6.45) is 0. The van der Waals surface area contributed by atoms with E-state index in [0.717, 1.165) is 10.9 Å². The Labute approximate surface area is 90.4 Å². The van der Waals surface area contributed by atoms with Crippen molar-refractivity contribution >= 4 is 32.6 Å². The first-order chi connectivity index (χ1) is 6.70. The molecular weight excluding hydrogens is 242 g/mol. The molecule has 1 N–H and O–H groups in total. The van der Waals surface area contributed by atoms with Gasteiger partial charge in [0.1, 0.15) is 0 Å². The van der Waals surface area contributed by atoms with Gasteiger partial charge in [0.2, 0.25) is 0 Å². The summed E-state index contributed by atoms with van der Waals surface area (Å²) in [7, 11) is 0. The monoisotopic (exact) mass is 251 g/mol. The molecule has 0 amide bonds. The van der Waals surface area contributed by atoms with Gasteiger partial charge in [-0.1, -0.05) is 27.6 Å². The zero-order valence-electron chi connectivity index (χ0n) is 7.80. The molecule has 0 unspecified atom stereocenters. The number of carbonyl (C=O) groups is 1. The van der Waals surface area contributed by atoms with E-state index in [1.54, 1.807) is 0 Å². The van der Waals surface area contributed by atoms with E-state index in [4.69, 9.17) is 0 Å². The Kier molecular flexibility index (Phi) is 2.42. The van der Waals surface area contributed by atoms with Crippen LogP contribution >= 0.6 is 15.9 Å². The fourth-order valence-electron chi connectivity index (χ4n) is 1.47. The van der Waals surface area contributed by atoms with Crippen molar-refractivity contribution in [2.75, 3.05) is 5.33 Å². The average molecular weight is 252 g/mol. The van der Waals surface area contributed by atoms with Crippen molar-refractivity contribution in [1.82, 2.24) is 4.98 Å². The Bertz CT molecular complexity index is 487. The van der Waals surface area contributed by atoms with Crippen molar-refractivity contribution in [2.24, 2.45) is 0 Å². The molecule has 3 heteroatoms. The Hall–Kier alpha value is -1.09. The van der Waals surface area contributed by atoms with Gasteiger partial charge in [0, 0.05) is 10.9 Å². The highest BCUT2D eigenvalue weighted by atomic mass is 79.9. The number of alkyl halides is 1. The predicted molar refractivity (Wildman–Crippen MR) is 61.2 cm³/mol. The van der Waals surface area contributed by atoms with Gasteiger partial charge in [-0.15, -0.1) is 0 Å². The van der Waals surface area contributed by atoms with Crippen molar-refractivity contribution in [1.29, 1.82) is 0 Å². The molecule has 2 aromatic rings. The topological polar surface area (TPSA) is 32.9 Å². The first kappa shape index (κ1) is 9.46. The second-order valence-electron chi connectivity index (χ2n) is 3.33. The van der Waals surface area contributed by atoms with E-state index in [2.05, 4.69) is 27.0 Å². The maximum absolute atomic E-state index is 11.4. The summed E-state index contributed by atoms with van der Waals surface area (Å²) >= 11 is 3.15. The van der Waals surface area contributed by atoms with Crippen LogP contribution in [0.2, 0.25) is 0 Å². The highest BCUT2D eigenvalue weighted by Gasteiger charge is 2.07. The molecule has 1 aromatic heterocycles. The van der Waals surface area contributed by atoms with Gasteiger partial charge in [-0.3, -0.25) is 4.79 Å². The Balaban J connectivity index is 2.56. The third kappa shape index (κ3) is 1.60. The molecule has 0 radical (unpaired) electrons. The molecule has 0 saturated carbocycles. The highest BCUT2D eigenvalue weighted by Crippen LogP contribution is 2.17. The minimum absolute atomic E-state index is 0.0823. The second kappa shape index (κ2) is 3.58. The number of hydrogen-bond donors (Lipinski definition) is 1. The molecule has 0 spiro atoms. The van der Waals surface area contributed by atoms with Gasteiger partial charge in [0.15, 0.2) is 5.78 Å². The minimum atomic E-state index is 0.0823. The van der Waals surface area contributed by atoms with E-state index in [0.29, 0.717) is 11.0 Å². The van der Waals surface area contributed by atoms with Gasteiger partial charge < -0.3 is 4.98 Å². The normalized spacial score (nSPS) is 10.7. The summed E-state index contributed by atoms with van der Waals surface area (Å²) in [4.78, 5) is 14.5. The van der Waals surface area contributed by atoms with Crippen LogP contribution in [0.4, 0.5) is 0 Å². The lowest BCUT2D eigenvalue weighted by atomic mass is 10.2. The summed E-state index contributed by atoms with van der Waals surface area (Å²) in [5.41, 5.74) is 2.89. The largest absolute Gasteiger partial charge is 0.352 e. The Morgan fingerprint density at radius 2 is 2.21 bits per heavy atom. The summed E-state index contributed by atoms with van der Waals surface area (Å²) in [5, 5.41) is 1.45. The maximum atomic E-state index is 11.4. The lowest BCUT2D eigenvalue weighted by Crippen LogP contribution is -1.99. The van der Waals surface area contributed by atoms with Gasteiger partial charge in [-0.25, -0.2) is 0 Å². The van der Waals surface area contributed by atoms with Crippen molar-refractivity contribution in [3.63, 3.8) is 0 Å². The SMILES string of the molecule is Cc1ccc2[nH]c(C(=O)CBr)cc2c1. The van der Waals surface area contributed by atoms with E-state index in [-0.39, 0.29) is 5.78 Å². The first-order valence-corrected chi connectivity index (χ1v) is 5.51. The molecule has 0 atom stereocenters. The van der Waals surface area contributed by atoms with Gasteiger partial charge in [0.25, 0.3) is 0 Å². The van der Waals surface area contributed by atoms with Gasteiger partial charge >= 0.3 is 0 Å². The maximum Gasteiger partial charge on any atom is 0.189 e. The molecule has 14 heavy (non-hydrogen) atoms. The van der Waals surface area contributed by atoms with E-state index in [1.165, 1.54) is 5.56 Å². The van der Waals surface area contributed by atoms with E-state index < -0.39 is 0 Å². The number of Topliss-reactive ketones (excluding diaryl/α,β-unsaturated/α-hetero) is 1. The van der Waals surface area contributed by atoms with Crippen molar-refractivity contribution in [3.8, 4) is 0 Å². The number of rotatable bonds is 2. The van der Waals surface area contributed by atoms with Crippen LogP contribution in [0.25, 0.3) is 10.9 Å². The number of H-pyrrole nitrogens is 1. The summed E-state index contributed by atoms with van der Waals surface area (Å²) in [5.74, 6) is 0.0823. The molecule has 0 aliphatic carbocycles.